The fourth-order valence-corrected chi connectivity index (χ4v) is 2.68. The zero-order valence-corrected chi connectivity index (χ0v) is 16.7. The fourth-order valence-electron chi connectivity index (χ4n) is 2.68. The Balaban J connectivity index is 1.51. The predicted octanol–water partition coefficient (Wildman–Crippen LogP) is 3.59. The highest BCUT2D eigenvalue weighted by Gasteiger charge is 2.09. The van der Waals surface area contributed by atoms with E-state index >= 15 is 0 Å². The smallest absolute Gasteiger partial charge is 0.269 e. The Labute approximate surface area is 173 Å². The normalized spacial score (nSPS) is 10.3. The number of carbonyl (C=O) groups is 1. The molecule has 0 radical (unpaired) electrons. The zero-order chi connectivity index (χ0) is 21.5. The lowest BCUT2D eigenvalue weighted by Gasteiger charge is -2.11. The van der Waals surface area contributed by atoms with Crippen molar-refractivity contribution in [2.75, 3.05) is 23.7 Å². The van der Waals surface area contributed by atoms with Crippen LogP contribution in [0.3, 0.4) is 0 Å². The van der Waals surface area contributed by atoms with Gasteiger partial charge in [0.2, 0.25) is 5.95 Å². The van der Waals surface area contributed by atoms with E-state index in [9.17, 15) is 14.9 Å². The average molecular weight is 406 g/mol. The van der Waals surface area contributed by atoms with Gasteiger partial charge < -0.3 is 16.0 Å². The Kier molecular flexibility index (Phi) is 6.53. The van der Waals surface area contributed by atoms with Crippen LogP contribution in [0, 0.1) is 24.0 Å². The van der Waals surface area contributed by atoms with Crippen molar-refractivity contribution in [3.63, 3.8) is 0 Å². The van der Waals surface area contributed by atoms with Gasteiger partial charge in [-0.3, -0.25) is 14.9 Å². The molecule has 0 saturated heterocycles. The van der Waals surface area contributed by atoms with Gasteiger partial charge in [-0.05, 0) is 38.1 Å². The molecule has 0 saturated carbocycles. The number of hydrogen-bond donors (Lipinski definition) is 3. The van der Waals surface area contributed by atoms with Crippen molar-refractivity contribution in [3.05, 3.63) is 81.5 Å². The topological polar surface area (TPSA) is 122 Å². The van der Waals surface area contributed by atoms with E-state index in [0.717, 1.165) is 11.4 Å². The SMILES string of the molecule is Cc1ccc(Nc2cc(C)nc(NCCNC(=O)c3ccc([N+](=O)[O-])cc3)n2)cc1. The highest BCUT2D eigenvalue weighted by Crippen LogP contribution is 2.17. The Morgan fingerprint density at radius 1 is 1.00 bits per heavy atom. The van der Waals surface area contributed by atoms with Crippen molar-refractivity contribution in [1.29, 1.82) is 0 Å². The number of carbonyl (C=O) groups excluding carboxylic acids is 1. The number of nitro groups is 1. The van der Waals surface area contributed by atoms with Crippen molar-refractivity contribution in [1.82, 2.24) is 15.3 Å². The van der Waals surface area contributed by atoms with Crippen molar-refractivity contribution in [3.8, 4) is 0 Å². The van der Waals surface area contributed by atoms with E-state index in [1.54, 1.807) is 0 Å². The van der Waals surface area contributed by atoms with Crippen molar-refractivity contribution < 1.29 is 9.72 Å². The van der Waals surface area contributed by atoms with Gasteiger partial charge >= 0.3 is 0 Å². The molecule has 0 aliphatic heterocycles. The Bertz CT molecular complexity index is 1040. The van der Waals surface area contributed by atoms with Gasteiger partial charge in [0.1, 0.15) is 5.82 Å². The molecule has 3 aromatic rings. The minimum Gasteiger partial charge on any atom is -0.352 e. The van der Waals surface area contributed by atoms with Crippen LogP contribution in [-0.4, -0.2) is 33.9 Å². The fraction of sp³-hybridized carbons (Fsp3) is 0.190. The average Bonchev–Trinajstić information content (AvgIpc) is 2.72. The third-order valence-corrected chi connectivity index (χ3v) is 4.21. The van der Waals surface area contributed by atoms with Crippen LogP contribution in [0.1, 0.15) is 21.6 Å². The molecule has 1 amide bonds. The largest absolute Gasteiger partial charge is 0.352 e. The van der Waals surface area contributed by atoms with Gasteiger partial charge in [-0.1, -0.05) is 17.7 Å². The Morgan fingerprint density at radius 2 is 1.70 bits per heavy atom. The number of nitrogens with one attached hydrogen (secondary N) is 3. The second kappa shape index (κ2) is 9.46. The number of hydrogen-bond acceptors (Lipinski definition) is 7. The summed E-state index contributed by atoms with van der Waals surface area (Å²) in [5.41, 5.74) is 3.21. The van der Waals surface area contributed by atoms with Crippen LogP contribution in [0.4, 0.5) is 23.1 Å². The molecule has 0 unspecified atom stereocenters. The van der Waals surface area contributed by atoms with Gasteiger partial charge in [-0.15, -0.1) is 0 Å². The second-order valence-corrected chi connectivity index (χ2v) is 6.70. The number of aromatic nitrogens is 2. The van der Waals surface area contributed by atoms with Crippen LogP contribution in [0.25, 0.3) is 0 Å². The minimum atomic E-state index is -0.505. The first-order chi connectivity index (χ1) is 14.4. The Morgan fingerprint density at radius 3 is 2.37 bits per heavy atom. The maximum Gasteiger partial charge on any atom is 0.269 e. The summed E-state index contributed by atoms with van der Waals surface area (Å²) in [6, 6.07) is 15.3. The number of anilines is 3. The van der Waals surface area contributed by atoms with E-state index in [1.807, 2.05) is 44.2 Å². The summed E-state index contributed by atoms with van der Waals surface area (Å²) in [4.78, 5) is 31.1. The summed E-state index contributed by atoms with van der Waals surface area (Å²) >= 11 is 0. The molecular weight excluding hydrogens is 384 g/mol. The van der Waals surface area contributed by atoms with Crippen LogP contribution < -0.4 is 16.0 Å². The maximum absolute atomic E-state index is 12.1. The molecule has 0 aliphatic rings. The summed E-state index contributed by atoms with van der Waals surface area (Å²) in [6.45, 7) is 4.67. The molecule has 3 rings (SSSR count). The van der Waals surface area contributed by atoms with Crippen LogP contribution in [0.15, 0.2) is 54.6 Å². The summed E-state index contributed by atoms with van der Waals surface area (Å²) in [5.74, 6) is 0.816. The lowest BCUT2D eigenvalue weighted by atomic mass is 10.2. The molecule has 154 valence electrons. The molecule has 1 heterocycles. The van der Waals surface area contributed by atoms with Crippen LogP contribution in [0.5, 0.6) is 0 Å². The van der Waals surface area contributed by atoms with Crippen molar-refractivity contribution >= 4 is 29.0 Å². The molecule has 0 aliphatic carbocycles. The van der Waals surface area contributed by atoms with Gasteiger partial charge in [0.05, 0.1) is 4.92 Å². The molecule has 2 aromatic carbocycles. The monoisotopic (exact) mass is 406 g/mol. The highest BCUT2D eigenvalue weighted by atomic mass is 16.6. The molecule has 0 spiro atoms. The lowest BCUT2D eigenvalue weighted by Crippen LogP contribution is -2.29. The third-order valence-electron chi connectivity index (χ3n) is 4.21. The molecular formula is C21H22N6O3. The molecule has 9 heteroatoms. The number of amides is 1. The zero-order valence-electron chi connectivity index (χ0n) is 16.7. The van der Waals surface area contributed by atoms with E-state index in [0.29, 0.717) is 30.4 Å². The van der Waals surface area contributed by atoms with Gasteiger partial charge in [-0.25, -0.2) is 4.98 Å². The number of aryl methyl sites for hydroxylation is 2. The van der Waals surface area contributed by atoms with E-state index in [4.69, 9.17) is 0 Å². The van der Waals surface area contributed by atoms with Crippen molar-refractivity contribution in [2.24, 2.45) is 0 Å². The van der Waals surface area contributed by atoms with E-state index < -0.39 is 4.92 Å². The van der Waals surface area contributed by atoms with Gasteiger partial charge in [0, 0.05) is 48.2 Å². The predicted molar refractivity (Wildman–Crippen MR) is 115 cm³/mol. The number of nitrogens with zero attached hydrogens (tertiary/aromatic N) is 3. The first kappa shape index (κ1) is 20.7. The summed E-state index contributed by atoms with van der Waals surface area (Å²) in [5, 5.41) is 19.8. The molecule has 0 atom stereocenters. The number of benzene rings is 2. The van der Waals surface area contributed by atoms with E-state index in [2.05, 4.69) is 25.9 Å². The number of rotatable bonds is 8. The molecule has 3 N–H and O–H groups in total. The minimum absolute atomic E-state index is 0.0557. The molecule has 1 aromatic heterocycles. The first-order valence-corrected chi connectivity index (χ1v) is 9.36. The number of non-ortho nitro benzene ring substituents is 1. The highest BCUT2D eigenvalue weighted by molar-refractivity contribution is 5.94. The summed E-state index contributed by atoms with van der Waals surface area (Å²) in [6.07, 6.45) is 0. The van der Waals surface area contributed by atoms with Crippen LogP contribution in [-0.2, 0) is 0 Å². The lowest BCUT2D eigenvalue weighted by molar-refractivity contribution is -0.384. The van der Waals surface area contributed by atoms with Gasteiger partial charge in [0.15, 0.2) is 0 Å². The molecule has 9 nitrogen and oxygen atoms in total. The summed E-state index contributed by atoms with van der Waals surface area (Å²) < 4.78 is 0. The number of nitro benzene ring substituents is 1. The van der Waals surface area contributed by atoms with E-state index in [1.165, 1.54) is 29.8 Å². The third kappa shape index (κ3) is 5.74. The molecule has 0 fully saturated rings. The Hall–Kier alpha value is -4.01. The van der Waals surface area contributed by atoms with Gasteiger partial charge in [0.25, 0.3) is 11.6 Å². The first-order valence-electron chi connectivity index (χ1n) is 9.36. The molecule has 0 bridgehead atoms. The van der Waals surface area contributed by atoms with Gasteiger partial charge in [-0.2, -0.15) is 4.98 Å². The van der Waals surface area contributed by atoms with E-state index in [-0.39, 0.29) is 11.6 Å². The standard InChI is InChI=1S/C21H22N6O3/c1-14-3-7-17(8-4-14)25-19-13-15(2)24-21(26-19)23-12-11-22-20(28)16-5-9-18(10-6-16)27(29)30/h3-10,13H,11-12H2,1-2H3,(H,22,28)(H2,23,24,25,26). The van der Waals surface area contributed by atoms with Crippen molar-refractivity contribution in [2.45, 2.75) is 13.8 Å². The maximum atomic E-state index is 12.1. The van der Waals surface area contributed by atoms with Crippen LogP contribution in [0.2, 0.25) is 0 Å². The quantitative estimate of drug-likeness (QED) is 0.297. The second-order valence-electron chi connectivity index (χ2n) is 6.70. The van der Waals surface area contributed by atoms with Crippen LogP contribution >= 0.6 is 0 Å². The summed E-state index contributed by atoms with van der Waals surface area (Å²) in [7, 11) is 0. The molecule has 30 heavy (non-hydrogen) atoms.